The predicted octanol–water partition coefficient (Wildman–Crippen LogP) is -0.432. The number of phenols is 1. The van der Waals surface area contributed by atoms with Crippen LogP contribution in [0.3, 0.4) is 0 Å². The highest BCUT2D eigenvalue weighted by Crippen LogP contribution is 2.53. The first-order valence-corrected chi connectivity index (χ1v) is 12.1. The summed E-state index contributed by atoms with van der Waals surface area (Å²) >= 11 is 0. The van der Waals surface area contributed by atoms with Crippen LogP contribution in [0.5, 0.6) is 5.75 Å². The first-order valence-electron chi connectivity index (χ1n) is 12.1. The number of β-amino-alcohol motifs (C(OH)–C–C–N with tert-alkyl or cyclic N) is 1. The number of Topliss-reactive ketones (excluding diaryl/α,β-unsaturated/α-hetero) is 2. The Hall–Kier alpha value is -3.81. The fraction of sp³-hybridized carbons (Fsp3) is 0.440. The van der Waals surface area contributed by atoms with Crippen molar-refractivity contribution in [3.8, 4) is 5.75 Å². The van der Waals surface area contributed by atoms with E-state index in [-0.39, 0.29) is 37.2 Å². The van der Waals surface area contributed by atoms with Gasteiger partial charge < -0.3 is 36.6 Å². The normalized spacial score (nSPS) is 29.2. The number of primary amides is 1. The number of amides is 2. The van der Waals surface area contributed by atoms with Gasteiger partial charge in [-0.05, 0) is 25.2 Å². The Morgan fingerprint density at radius 1 is 1.21 bits per heavy atom. The summed E-state index contributed by atoms with van der Waals surface area (Å²) < 4.78 is 15.2. The smallest absolute Gasteiger partial charge is 0.255 e. The maximum atomic E-state index is 15.2. The number of rotatable bonds is 4. The number of ketones is 2. The van der Waals surface area contributed by atoms with Crippen LogP contribution in [0, 0.1) is 17.7 Å². The maximum Gasteiger partial charge on any atom is 0.255 e. The Kier molecular flexibility index (Phi) is 6.04. The van der Waals surface area contributed by atoms with Crippen molar-refractivity contribution in [2.45, 2.75) is 37.4 Å². The van der Waals surface area contributed by atoms with Gasteiger partial charge in [-0.15, -0.1) is 0 Å². The number of anilines is 1. The molecule has 5 rings (SSSR count). The molecule has 0 bridgehead atoms. The lowest BCUT2D eigenvalue weighted by atomic mass is 9.59. The minimum Gasteiger partial charge on any atom is -0.508 e. The number of nitrogens with one attached hydrogen (secondary N) is 1. The number of hydrogen-bond acceptors (Lipinski definition) is 10. The van der Waals surface area contributed by atoms with Gasteiger partial charge in [0.1, 0.15) is 22.9 Å². The summed E-state index contributed by atoms with van der Waals surface area (Å²) in [5.74, 6) is -9.66. The Balaban J connectivity index is 1.53. The summed E-state index contributed by atoms with van der Waals surface area (Å²) in [6.07, 6.45) is -0.853. The number of aliphatic hydroxyl groups excluding tert-OH is 3. The number of aromatic hydroxyl groups is 1. The highest BCUT2D eigenvalue weighted by Gasteiger charge is 2.60. The number of nitrogens with two attached hydrogens (primary N) is 1. The van der Waals surface area contributed by atoms with Crippen molar-refractivity contribution in [1.82, 2.24) is 4.90 Å². The van der Waals surface area contributed by atoms with Crippen LogP contribution in [-0.4, -0.2) is 85.2 Å². The van der Waals surface area contributed by atoms with Crippen molar-refractivity contribution >= 4 is 34.8 Å². The van der Waals surface area contributed by atoms with Crippen LogP contribution in [0.15, 0.2) is 23.0 Å². The molecule has 1 aliphatic heterocycles. The lowest BCUT2D eigenvalue weighted by molar-refractivity contribution is -0.147. The van der Waals surface area contributed by atoms with Crippen LogP contribution in [0.25, 0.3) is 5.76 Å². The van der Waals surface area contributed by atoms with Gasteiger partial charge in [0.2, 0.25) is 11.7 Å². The quantitative estimate of drug-likeness (QED) is 0.197. The highest BCUT2D eigenvalue weighted by atomic mass is 19.1. The summed E-state index contributed by atoms with van der Waals surface area (Å²) in [5.41, 5.74) is 0.168. The molecule has 2 amide bonds. The SMILES string of the molecule is NC(=O)C1=C(O)[C@@]2(O)C(=O)C3=C(O)c4c(O)c(NC(=O)CN5CC[C@@H](O)C5)cc(F)c4CC3C[C@H]2CC1=O. The van der Waals surface area contributed by atoms with E-state index in [9.17, 15) is 44.7 Å². The molecule has 1 saturated heterocycles. The summed E-state index contributed by atoms with van der Waals surface area (Å²) in [7, 11) is 0. The molecule has 4 aliphatic rings. The lowest BCUT2D eigenvalue weighted by Crippen LogP contribution is -2.58. The van der Waals surface area contributed by atoms with E-state index in [4.69, 9.17) is 5.73 Å². The Labute approximate surface area is 214 Å². The molecule has 0 radical (unpaired) electrons. The number of carbonyl (C=O) groups is 4. The number of halogens is 1. The predicted molar refractivity (Wildman–Crippen MR) is 127 cm³/mol. The molecular formula is C25H26FN3O9. The van der Waals surface area contributed by atoms with Crippen molar-refractivity contribution in [2.75, 3.05) is 25.0 Å². The van der Waals surface area contributed by atoms with Crippen molar-refractivity contribution < 1.29 is 49.1 Å². The fourth-order valence-electron chi connectivity index (χ4n) is 6.09. The molecule has 1 aromatic carbocycles. The molecule has 8 N–H and O–H groups in total. The number of phenolic OH excluding ortho intramolecular Hbond substituents is 1. The van der Waals surface area contributed by atoms with Crippen LogP contribution in [0.1, 0.15) is 30.4 Å². The van der Waals surface area contributed by atoms with Crippen LogP contribution in [0.4, 0.5) is 10.1 Å². The minimum atomic E-state index is -2.73. The monoisotopic (exact) mass is 531 g/mol. The summed E-state index contributed by atoms with van der Waals surface area (Å²) in [5, 5.41) is 55.8. The highest BCUT2D eigenvalue weighted by molar-refractivity contribution is 6.22. The van der Waals surface area contributed by atoms with E-state index in [0.717, 1.165) is 6.07 Å². The number of fused-ring (bicyclic) bond motifs is 3. The van der Waals surface area contributed by atoms with E-state index in [1.165, 1.54) is 0 Å². The van der Waals surface area contributed by atoms with Gasteiger partial charge in [-0.3, -0.25) is 24.1 Å². The first-order chi connectivity index (χ1) is 17.8. The van der Waals surface area contributed by atoms with Crippen molar-refractivity contribution in [2.24, 2.45) is 17.6 Å². The second-order valence-corrected chi connectivity index (χ2v) is 10.2. The number of nitrogens with zero attached hydrogens (tertiary/aromatic N) is 1. The average molecular weight is 531 g/mol. The van der Waals surface area contributed by atoms with Crippen molar-refractivity contribution in [3.05, 3.63) is 39.9 Å². The van der Waals surface area contributed by atoms with Crippen LogP contribution in [0.2, 0.25) is 0 Å². The van der Waals surface area contributed by atoms with E-state index in [1.807, 2.05) is 0 Å². The van der Waals surface area contributed by atoms with Gasteiger partial charge >= 0.3 is 0 Å². The third-order valence-corrected chi connectivity index (χ3v) is 7.90. The molecule has 1 aromatic rings. The molecule has 0 spiro atoms. The van der Waals surface area contributed by atoms with Crippen LogP contribution < -0.4 is 11.1 Å². The molecule has 0 aromatic heterocycles. The molecular weight excluding hydrogens is 505 g/mol. The van der Waals surface area contributed by atoms with E-state index >= 15 is 4.39 Å². The average Bonchev–Trinajstić information content (AvgIpc) is 3.23. The van der Waals surface area contributed by atoms with Gasteiger partial charge in [0.15, 0.2) is 17.1 Å². The van der Waals surface area contributed by atoms with Gasteiger partial charge in [-0.1, -0.05) is 0 Å². The zero-order chi connectivity index (χ0) is 27.7. The van der Waals surface area contributed by atoms with Gasteiger partial charge in [0.05, 0.1) is 23.9 Å². The summed E-state index contributed by atoms with van der Waals surface area (Å²) in [4.78, 5) is 51.8. The van der Waals surface area contributed by atoms with Crippen LogP contribution >= 0.6 is 0 Å². The molecule has 202 valence electrons. The lowest BCUT2D eigenvalue weighted by Gasteiger charge is -2.46. The van der Waals surface area contributed by atoms with E-state index < -0.39 is 93.1 Å². The molecule has 1 saturated carbocycles. The summed E-state index contributed by atoms with van der Waals surface area (Å²) in [6.45, 7) is 0.621. The van der Waals surface area contributed by atoms with E-state index in [1.54, 1.807) is 4.90 Å². The molecule has 2 fully saturated rings. The first kappa shape index (κ1) is 25.8. The van der Waals surface area contributed by atoms with Crippen molar-refractivity contribution in [3.63, 3.8) is 0 Å². The standard InChI is InChI=1S/C25H26FN3O9/c26-13-6-14(28-16(32)8-29-2-1-11(30)7-29)20(33)18-12(13)4-9-3-10-5-15(31)19(24(27)37)23(36)25(10,38)22(35)17(9)21(18)34/h6,9-11,30,33-34,36,38H,1-5,7-8H2,(H2,27,37)(H,28,32)/t9?,10-,11+,25-/m0/s1. The van der Waals surface area contributed by atoms with Gasteiger partial charge in [0, 0.05) is 42.6 Å². The van der Waals surface area contributed by atoms with Crippen LogP contribution in [-0.2, 0) is 25.6 Å². The zero-order valence-electron chi connectivity index (χ0n) is 20.0. The molecule has 12 nitrogen and oxygen atoms in total. The number of hydrogen-bond donors (Lipinski definition) is 7. The van der Waals surface area contributed by atoms with E-state index in [2.05, 4.69) is 5.32 Å². The Morgan fingerprint density at radius 3 is 2.55 bits per heavy atom. The second kappa shape index (κ2) is 8.89. The topological polar surface area (TPSA) is 211 Å². The van der Waals surface area contributed by atoms with Gasteiger partial charge in [-0.25, -0.2) is 4.39 Å². The molecule has 38 heavy (non-hydrogen) atoms. The Bertz CT molecular complexity index is 1370. The number of likely N-dealkylation sites (tertiary alicyclic amines) is 1. The molecule has 1 heterocycles. The third-order valence-electron chi connectivity index (χ3n) is 7.90. The number of aliphatic hydroxyl groups is 4. The summed E-state index contributed by atoms with van der Waals surface area (Å²) in [6, 6.07) is 0.891. The van der Waals surface area contributed by atoms with Crippen molar-refractivity contribution in [1.29, 1.82) is 0 Å². The second-order valence-electron chi connectivity index (χ2n) is 10.2. The molecule has 3 aliphatic carbocycles. The van der Waals surface area contributed by atoms with Gasteiger partial charge in [-0.2, -0.15) is 0 Å². The van der Waals surface area contributed by atoms with E-state index in [0.29, 0.717) is 13.0 Å². The van der Waals surface area contributed by atoms with Gasteiger partial charge in [0.25, 0.3) is 5.91 Å². The molecule has 13 heteroatoms. The molecule has 4 atom stereocenters. The fourth-order valence-corrected chi connectivity index (χ4v) is 6.09. The third kappa shape index (κ3) is 3.77. The molecule has 1 unspecified atom stereocenters. The number of carbonyl (C=O) groups excluding carboxylic acids is 4. The Morgan fingerprint density at radius 2 is 1.92 bits per heavy atom. The largest absolute Gasteiger partial charge is 0.508 e. The zero-order valence-corrected chi connectivity index (χ0v) is 20.0. The maximum absolute atomic E-state index is 15.2. The minimum absolute atomic E-state index is 0.122. The number of benzene rings is 1.